The average Bonchev–Trinajstić information content (AvgIpc) is 2.47. The van der Waals surface area contributed by atoms with Crippen LogP contribution < -0.4 is 4.74 Å². The van der Waals surface area contributed by atoms with Crippen LogP contribution in [0.3, 0.4) is 0 Å². The lowest BCUT2D eigenvalue weighted by atomic mass is 9.82. The molecule has 134 valence electrons. The molecule has 6 nitrogen and oxygen atoms in total. The topological polar surface area (TPSA) is 74.7 Å². The summed E-state index contributed by atoms with van der Waals surface area (Å²) in [6.45, 7) is 3.62. The van der Waals surface area contributed by atoms with Gasteiger partial charge >= 0.3 is 18.3 Å². The van der Waals surface area contributed by atoms with E-state index < -0.39 is 41.0 Å². The van der Waals surface area contributed by atoms with Crippen molar-refractivity contribution >= 4 is 11.9 Å². The number of nitrogens with zero attached hydrogens (tertiary/aromatic N) is 1. The summed E-state index contributed by atoms with van der Waals surface area (Å²) in [6.07, 6.45) is -4.67. The van der Waals surface area contributed by atoms with Gasteiger partial charge in [-0.3, -0.25) is 9.59 Å². The predicted octanol–water partition coefficient (Wildman–Crippen LogP) is 2.50. The van der Waals surface area contributed by atoms with Crippen LogP contribution in [-0.4, -0.2) is 36.5 Å². The van der Waals surface area contributed by atoms with Gasteiger partial charge in [-0.25, -0.2) is 9.37 Å². The predicted molar refractivity (Wildman–Crippen MR) is 71.5 cm³/mol. The highest BCUT2D eigenvalue weighted by Crippen LogP contribution is 2.32. The molecule has 1 rings (SSSR count). The monoisotopic (exact) mass is 353 g/mol. The molecular formula is C14H15F4NO5. The van der Waals surface area contributed by atoms with Crippen molar-refractivity contribution in [1.82, 2.24) is 4.98 Å². The van der Waals surface area contributed by atoms with Crippen LogP contribution >= 0.6 is 0 Å². The number of hydrogen-bond acceptors (Lipinski definition) is 6. The van der Waals surface area contributed by atoms with Crippen LogP contribution in [-0.2, 0) is 24.5 Å². The molecule has 0 radical (unpaired) electrons. The van der Waals surface area contributed by atoms with Crippen LogP contribution in [0.25, 0.3) is 0 Å². The average molecular weight is 353 g/mol. The zero-order valence-electron chi connectivity index (χ0n) is 13.1. The lowest BCUT2D eigenvalue weighted by Gasteiger charge is -2.26. The largest absolute Gasteiger partial charge is 0.574 e. The number of rotatable bonds is 6. The molecule has 0 unspecified atom stereocenters. The Morgan fingerprint density at radius 1 is 1.12 bits per heavy atom. The van der Waals surface area contributed by atoms with Gasteiger partial charge in [-0.1, -0.05) is 0 Å². The first-order valence-electron chi connectivity index (χ1n) is 6.82. The van der Waals surface area contributed by atoms with E-state index in [9.17, 15) is 27.2 Å². The highest BCUT2D eigenvalue weighted by Gasteiger charge is 2.48. The Morgan fingerprint density at radius 2 is 1.62 bits per heavy atom. The standard InChI is InChI=1S/C14H15F4NO5/c1-4-22-11(20)13(3,12(21)23-5-2)8-6-10(19-7-9(8)15)24-14(16,17)18/h6-7H,4-5H2,1-3H3. The Labute approximate surface area is 134 Å². The Kier molecular flexibility index (Phi) is 6.10. The van der Waals surface area contributed by atoms with Gasteiger partial charge in [-0.2, -0.15) is 0 Å². The molecule has 10 heteroatoms. The number of esters is 2. The second kappa shape index (κ2) is 7.45. The molecule has 0 spiro atoms. The molecule has 1 aromatic rings. The summed E-state index contributed by atoms with van der Waals surface area (Å²) in [4.78, 5) is 27.4. The van der Waals surface area contributed by atoms with Crippen LogP contribution in [0, 0.1) is 5.82 Å². The summed E-state index contributed by atoms with van der Waals surface area (Å²) in [5, 5.41) is 0. The summed E-state index contributed by atoms with van der Waals surface area (Å²) in [7, 11) is 0. The van der Waals surface area contributed by atoms with Crippen molar-refractivity contribution in [3.05, 3.63) is 23.6 Å². The molecule has 0 aliphatic carbocycles. The Morgan fingerprint density at radius 3 is 2.04 bits per heavy atom. The summed E-state index contributed by atoms with van der Waals surface area (Å²) in [6, 6.07) is 0.511. The van der Waals surface area contributed by atoms with Gasteiger partial charge in [-0.15, -0.1) is 13.2 Å². The third-order valence-electron chi connectivity index (χ3n) is 2.96. The first-order valence-corrected chi connectivity index (χ1v) is 6.82. The fourth-order valence-corrected chi connectivity index (χ4v) is 1.83. The van der Waals surface area contributed by atoms with E-state index >= 15 is 0 Å². The van der Waals surface area contributed by atoms with Crippen molar-refractivity contribution in [3.8, 4) is 5.88 Å². The molecule has 0 amide bonds. The minimum absolute atomic E-state index is 0.133. The van der Waals surface area contributed by atoms with Crippen molar-refractivity contribution in [2.24, 2.45) is 0 Å². The van der Waals surface area contributed by atoms with E-state index in [1.165, 1.54) is 13.8 Å². The first kappa shape index (κ1) is 19.7. The molecule has 0 aromatic carbocycles. The number of aromatic nitrogens is 1. The summed E-state index contributed by atoms with van der Waals surface area (Å²) in [5.41, 5.74) is -3.02. The number of hydrogen-bond donors (Lipinski definition) is 0. The molecule has 0 N–H and O–H groups in total. The number of pyridine rings is 1. The molecule has 0 aliphatic heterocycles. The SMILES string of the molecule is CCOC(=O)C(C)(C(=O)OCC)c1cc(OC(F)(F)F)ncc1F. The number of ether oxygens (including phenoxy) is 3. The lowest BCUT2D eigenvalue weighted by Crippen LogP contribution is -2.44. The molecule has 0 aliphatic rings. The molecule has 0 atom stereocenters. The number of halogens is 4. The maximum absolute atomic E-state index is 14.1. The summed E-state index contributed by atoms with van der Waals surface area (Å²) < 4.78 is 64.0. The second-order valence-corrected chi connectivity index (χ2v) is 4.62. The molecule has 0 saturated heterocycles. The molecule has 1 heterocycles. The van der Waals surface area contributed by atoms with Crippen LogP contribution in [0.5, 0.6) is 5.88 Å². The molecule has 0 fully saturated rings. The van der Waals surface area contributed by atoms with Crippen molar-refractivity contribution in [2.45, 2.75) is 32.5 Å². The quantitative estimate of drug-likeness (QED) is 0.444. The lowest BCUT2D eigenvalue weighted by molar-refractivity contribution is -0.276. The van der Waals surface area contributed by atoms with Crippen LogP contribution in [0.1, 0.15) is 26.3 Å². The van der Waals surface area contributed by atoms with Gasteiger partial charge in [0.1, 0.15) is 5.82 Å². The number of carbonyl (C=O) groups is 2. The van der Waals surface area contributed by atoms with Crippen LogP contribution in [0.2, 0.25) is 0 Å². The van der Waals surface area contributed by atoms with Crippen molar-refractivity contribution in [3.63, 3.8) is 0 Å². The highest BCUT2D eigenvalue weighted by molar-refractivity contribution is 6.06. The third kappa shape index (κ3) is 4.33. The maximum Gasteiger partial charge on any atom is 0.574 e. The van der Waals surface area contributed by atoms with Crippen molar-refractivity contribution in [1.29, 1.82) is 0 Å². The molecular weight excluding hydrogens is 338 g/mol. The van der Waals surface area contributed by atoms with Gasteiger partial charge in [0.25, 0.3) is 0 Å². The zero-order chi connectivity index (χ0) is 18.5. The van der Waals surface area contributed by atoms with E-state index in [4.69, 9.17) is 9.47 Å². The third-order valence-corrected chi connectivity index (χ3v) is 2.96. The normalized spacial score (nSPS) is 11.8. The fraction of sp³-hybridized carbons (Fsp3) is 0.500. The maximum atomic E-state index is 14.1. The number of carbonyl (C=O) groups excluding carboxylic acids is 2. The van der Waals surface area contributed by atoms with E-state index in [0.717, 1.165) is 6.92 Å². The Hall–Kier alpha value is -2.39. The molecule has 1 aromatic heterocycles. The van der Waals surface area contributed by atoms with Crippen molar-refractivity contribution in [2.75, 3.05) is 13.2 Å². The summed E-state index contributed by atoms with van der Waals surface area (Å²) in [5.74, 6) is -4.56. The van der Waals surface area contributed by atoms with E-state index in [1.807, 2.05) is 0 Å². The van der Waals surface area contributed by atoms with Gasteiger partial charge in [0, 0.05) is 11.6 Å². The van der Waals surface area contributed by atoms with Crippen molar-refractivity contribution < 1.29 is 41.4 Å². The summed E-state index contributed by atoms with van der Waals surface area (Å²) >= 11 is 0. The second-order valence-electron chi connectivity index (χ2n) is 4.62. The Bertz CT molecular complexity index is 600. The van der Waals surface area contributed by atoms with E-state index in [1.54, 1.807) is 0 Å². The fourth-order valence-electron chi connectivity index (χ4n) is 1.83. The number of alkyl halides is 3. The van der Waals surface area contributed by atoms with Gasteiger partial charge < -0.3 is 14.2 Å². The van der Waals surface area contributed by atoms with Crippen LogP contribution in [0.4, 0.5) is 17.6 Å². The Balaban J connectivity index is 3.44. The molecule has 0 bridgehead atoms. The zero-order valence-corrected chi connectivity index (χ0v) is 13.1. The highest BCUT2D eigenvalue weighted by atomic mass is 19.4. The van der Waals surface area contributed by atoms with E-state index in [0.29, 0.717) is 12.3 Å². The minimum Gasteiger partial charge on any atom is -0.465 e. The molecule has 24 heavy (non-hydrogen) atoms. The van der Waals surface area contributed by atoms with Crippen LogP contribution in [0.15, 0.2) is 12.3 Å². The van der Waals surface area contributed by atoms with E-state index in [2.05, 4.69) is 9.72 Å². The van der Waals surface area contributed by atoms with Gasteiger partial charge in [-0.05, 0) is 20.8 Å². The first-order chi connectivity index (χ1) is 11.1. The molecule has 0 saturated carbocycles. The smallest absolute Gasteiger partial charge is 0.465 e. The van der Waals surface area contributed by atoms with E-state index in [-0.39, 0.29) is 13.2 Å². The van der Waals surface area contributed by atoms with Gasteiger partial charge in [0.05, 0.1) is 19.4 Å². The van der Waals surface area contributed by atoms with Gasteiger partial charge in [0.15, 0.2) is 5.41 Å². The minimum atomic E-state index is -5.08. The van der Waals surface area contributed by atoms with Gasteiger partial charge in [0.2, 0.25) is 5.88 Å².